The van der Waals surface area contributed by atoms with Gasteiger partial charge in [0, 0.05) is 11.1 Å². The lowest BCUT2D eigenvalue weighted by atomic mass is 10.2. The van der Waals surface area contributed by atoms with E-state index in [0.717, 1.165) is 10.9 Å². The highest BCUT2D eigenvalue weighted by atomic mass is 35.5. The van der Waals surface area contributed by atoms with Crippen LogP contribution in [-0.2, 0) is 10.0 Å². The number of rotatable bonds is 3. The summed E-state index contributed by atoms with van der Waals surface area (Å²) in [7, 11) is -3.90. The van der Waals surface area contributed by atoms with E-state index >= 15 is 0 Å². The number of nitrogens with zero attached hydrogens (tertiary/aromatic N) is 1. The zero-order valence-electron chi connectivity index (χ0n) is 10.3. The van der Waals surface area contributed by atoms with Crippen LogP contribution in [0, 0.1) is 6.92 Å². The first kappa shape index (κ1) is 14.9. The van der Waals surface area contributed by atoms with Gasteiger partial charge >= 0.3 is 0 Å². The van der Waals surface area contributed by atoms with Gasteiger partial charge in [0.15, 0.2) is 5.13 Å². The molecule has 2 rings (SSSR count). The molecular formula is C11H10ClN3O3S2. The number of nitrogens with two attached hydrogens (primary N) is 1. The van der Waals surface area contributed by atoms with Crippen LogP contribution in [0.2, 0.25) is 5.02 Å². The number of anilines is 1. The molecule has 0 aliphatic rings. The summed E-state index contributed by atoms with van der Waals surface area (Å²) in [5, 5.41) is 8.10. The monoisotopic (exact) mass is 331 g/mol. The fourth-order valence-electron chi connectivity index (χ4n) is 1.43. The third-order valence-corrected chi connectivity index (χ3v) is 4.42. The van der Waals surface area contributed by atoms with E-state index in [2.05, 4.69) is 10.3 Å². The number of benzene rings is 1. The normalized spacial score (nSPS) is 11.3. The number of aryl methyl sites for hydroxylation is 1. The number of carbonyl (C=O) groups is 1. The van der Waals surface area contributed by atoms with Crippen LogP contribution in [0.15, 0.2) is 29.3 Å². The molecule has 1 amide bonds. The van der Waals surface area contributed by atoms with Gasteiger partial charge in [0.2, 0.25) is 10.0 Å². The maximum Gasteiger partial charge on any atom is 0.259 e. The molecule has 0 bridgehead atoms. The summed E-state index contributed by atoms with van der Waals surface area (Å²) in [5.41, 5.74) is 0.0195. The van der Waals surface area contributed by atoms with Gasteiger partial charge in [-0.3, -0.25) is 10.1 Å². The van der Waals surface area contributed by atoms with E-state index in [9.17, 15) is 13.2 Å². The number of nitrogens with one attached hydrogen (secondary N) is 1. The first-order chi connectivity index (χ1) is 9.27. The highest BCUT2D eigenvalue weighted by molar-refractivity contribution is 7.89. The number of primary sulfonamides is 1. The maximum atomic E-state index is 12.1. The molecule has 0 spiro atoms. The molecule has 0 unspecified atom stereocenters. The molecule has 1 aromatic carbocycles. The summed E-state index contributed by atoms with van der Waals surface area (Å²) in [5.74, 6) is -0.546. The SMILES string of the molecule is Cc1cnc(NC(=O)c2cc(S(N)(=O)=O)ccc2Cl)s1. The minimum atomic E-state index is -3.90. The quantitative estimate of drug-likeness (QED) is 0.897. The maximum absolute atomic E-state index is 12.1. The number of hydrogen-bond donors (Lipinski definition) is 2. The standard InChI is InChI=1S/C11H10ClN3O3S2/c1-6-5-14-11(19-6)15-10(16)8-4-7(20(13,17)18)2-3-9(8)12/h2-5H,1H3,(H2,13,17,18)(H,14,15,16). The fourth-order valence-corrected chi connectivity index (χ4v) is 2.84. The number of thiazole rings is 1. The van der Waals surface area contributed by atoms with E-state index < -0.39 is 15.9 Å². The molecule has 1 aromatic heterocycles. The van der Waals surface area contributed by atoms with Gasteiger partial charge in [-0.25, -0.2) is 18.5 Å². The van der Waals surface area contributed by atoms with Crippen LogP contribution in [0.25, 0.3) is 0 Å². The summed E-state index contributed by atoms with van der Waals surface area (Å²) >= 11 is 7.20. The molecular weight excluding hydrogens is 322 g/mol. The van der Waals surface area contributed by atoms with Gasteiger partial charge < -0.3 is 0 Å². The van der Waals surface area contributed by atoms with E-state index in [-0.39, 0.29) is 15.5 Å². The first-order valence-corrected chi connectivity index (χ1v) is 8.07. The topological polar surface area (TPSA) is 102 Å². The Morgan fingerprint density at radius 3 is 2.70 bits per heavy atom. The van der Waals surface area contributed by atoms with Crippen LogP contribution in [-0.4, -0.2) is 19.3 Å². The molecule has 0 saturated carbocycles. The van der Waals surface area contributed by atoms with Crippen molar-refractivity contribution in [2.75, 3.05) is 5.32 Å². The van der Waals surface area contributed by atoms with Crippen LogP contribution in [0.4, 0.5) is 5.13 Å². The Balaban J connectivity index is 2.34. The summed E-state index contributed by atoms with van der Waals surface area (Å²) in [6, 6.07) is 3.68. The Kier molecular flexibility index (Phi) is 4.09. The second kappa shape index (κ2) is 5.49. The molecule has 0 fully saturated rings. The van der Waals surface area contributed by atoms with Crippen LogP contribution < -0.4 is 10.5 Å². The Morgan fingerprint density at radius 2 is 2.15 bits per heavy atom. The predicted octanol–water partition coefficient (Wildman–Crippen LogP) is 2.00. The minimum absolute atomic E-state index is 0.0195. The molecule has 3 N–H and O–H groups in total. The van der Waals surface area contributed by atoms with E-state index in [1.807, 2.05) is 6.92 Å². The summed E-state index contributed by atoms with van der Waals surface area (Å²) in [6.45, 7) is 1.85. The predicted molar refractivity (Wildman–Crippen MR) is 77.6 cm³/mol. The second-order valence-corrected chi connectivity index (χ2v) is 7.12. The summed E-state index contributed by atoms with van der Waals surface area (Å²) < 4.78 is 22.5. The van der Waals surface area contributed by atoms with Crippen molar-refractivity contribution in [2.45, 2.75) is 11.8 Å². The fraction of sp³-hybridized carbons (Fsp3) is 0.0909. The van der Waals surface area contributed by atoms with Gasteiger partial charge in [0.25, 0.3) is 5.91 Å². The molecule has 0 atom stereocenters. The molecule has 0 saturated heterocycles. The van der Waals surface area contributed by atoms with Crippen LogP contribution in [0.1, 0.15) is 15.2 Å². The summed E-state index contributed by atoms with van der Waals surface area (Å²) in [4.78, 5) is 16.8. The Morgan fingerprint density at radius 1 is 1.45 bits per heavy atom. The van der Waals surface area contributed by atoms with Crippen molar-refractivity contribution in [1.82, 2.24) is 4.98 Å². The van der Waals surface area contributed by atoms with Crippen molar-refractivity contribution in [1.29, 1.82) is 0 Å². The van der Waals surface area contributed by atoms with Crippen molar-refractivity contribution < 1.29 is 13.2 Å². The first-order valence-electron chi connectivity index (χ1n) is 5.33. The second-order valence-electron chi connectivity index (χ2n) is 3.92. The molecule has 0 aliphatic heterocycles. The number of amides is 1. The molecule has 2 aromatic rings. The zero-order chi connectivity index (χ0) is 14.9. The van der Waals surface area contributed by atoms with Crippen LogP contribution >= 0.6 is 22.9 Å². The lowest BCUT2D eigenvalue weighted by molar-refractivity contribution is 0.102. The van der Waals surface area contributed by atoms with Gasteiger partial charge in [0.05, 0.1) is 15.5 Å². The number of halogens is 1. The van der Waals surface area contributed by atoms with Crippen molar-refractivity contribution in [3.63, 3.8) is 0 Å². The van der Waals surface area contributed by atoms with E-state index in [4.69, 9.17) is 16.7 Å². The molecule has 6 nitrogen and oxygen atoms in total. The molecule has 0 radical (unpaired) electrons. The van der Waals surface area contributed by atoms with Gasteiger partial charge in [-0.05, 0) is 25.1 Å². The van der Waals surface area contributed by atoms with Crippen molar-refractivity contribution in [3.8, 4) is 0 Å². The van der Waals surface area contributed by atoms with Crippen LogP contribution in [0.3, 0.4) is 0 Å². The van der Waals surface area contributed by atoms with Gasteiger partial charge in [-0.2, -0.15) is 0 Å². The highest BCUT2D eigenvalue weighted by Gasteiger charge is 2.16. The zero-order valence-corrected chi connectivity index (χ0v) is 12.6. The van der Waals surface area contributed by atoms with Gasteiger partial charge in [-0.15, -0.1) is 11.3 Å². The number of carbonyl (C=O) groups excluding carboxylic acids is 1. The van der Waals surface area contributed by atoms with Crippen molar-refractivity contribution in [3.05, 3.63) is 39.9 Å². The average Bonchev–Trinajstić information content (AvgIpc) is 2.73. The Labute approximate surface area is 124 Å². The van der Waals surface area contributed by atoms with Gasteiger partial charge in [-0.1, -0.05) is 11.6 Å². The molecule has 20 heavy (non-hydrogen) atoms. The third kappa shape index (κ3) is 3.34. The Hall–Kier alpha value is -1.48. The number of sulfonamides is 1. The smallest absolute Gasteiger partial charge is 0.259 e. The van der Waals surface area contributed by atoms with E-state index in [1.54, 1.807) is 6.20 Å². The number of hydrogen-bond acceptors (Lipinski definition) is 5. The number of aromatic nitrogens is 1. The largest absolute Gasteiger partial charge is 0.298 e. The van der Waals surface area contributed by atoms with Gasteiger partial charge in [0.1, 0.15) is 0 Å². The molecule has 9 heteroatoms. The van der Waals surface area contributed by atoms with E-state index in [1.165, 1.54) is 23.5 Å². The minimum Gasteiger partial charge on any atom is -0.298 e. The Bertz CT molecular complexity index is 771. The average molecular weight is 332 g/mol. The third-order valence-electron chi connectivity index (χ3n) is 2.35. The van der Waals surface area contributed by atoms with Crippen LogP contribution in [0.5, 0.6) is 0 Å². The lowest BCUT2D eigenvalue weighted by Crippen LogP contribution is -2.16. The summed E-state index contributed by atoms with van der Waals surface area (Å²) in [6.07, 6.45) is 1.61. The van der Waals surface area contributed by atoms with Crippen molar-refractivity contribution >= 4 is 44.0 Å². The molecule has 0 aliphatic carbocycles. The molecule has 1 heterocycles. The highest BCUT2D eigenvalue weighted by Crippen LogP contribution is 2.22. The van der Waals surface area contributed by atoms with E-state index in [0.29, 0.717) is 5.13 Å². The van der Waals surface area contributed by atoms with Crippen molar-refractivity contribution in [2.24, 2.45) is 5.14 Å². The molecule has 106 valence electrons. The lowest BCUT2D eigenvalue weighted by Gasteiger charge is -2.06.